The molecule has 0 bridgehead atoms. The van der Waals surface area contributed by atoms with Crippen molar-refractivity contribution in [2.45, 2.75) is 38.9 Å². The Morgan fingerprint density at radius 2 is 2.09 bits per heavy atom. The topological polar surface area (TPSA) is 50.2 Å². The molecule has 130 valence electrons. The number of halogens is 3. The second-order valence-corrected chi connectivity index (χ2v) is 7.06. The Kier molecular flexibility index (Phi) is 5.03. The van der Waals surface area contributed by atoms with E-state index in [0.717, 1.165) is 0 Å². The molecule has 1 aliphatic heterocycles. The van der Waals surface area contributed by atoms with E-state index < -0.39 is 12.7 Å². The summed E-state index contributed by atoms with van der Waals surface area (Å²) in [6, 6.07) is 0. The van der Waals surface area contributed by atoms with Gasteiger partial charge in [0, 0.05) is 19.3 Å². The van der Waals surface area contributed by atoms with Gasteiger partial charge in [0.2, 0.25) is 0 Å². The van der Waals surface area contributed by atoms with E-state index in [4.69, 9.17) is 0 Å². The maximum atomic E-state index is 12.3. The van der Waals surface area contributed by atoms with Gasteiger partial charge in [-0.15, -0.1) is 0 Å². The highest BCUT2D eigenvalue weighted by Crippen LogP contribution is 2.22. The van der Waals surface area contributed by atoms with Crippen LogP contribution in [0.25, 0.3) is 0 Å². The molecule has 0 aromatic carbocycles. The Morgan fingerprint density at radius 1 is 1.39 bits per heavy atom. The van der Waals surface area contributed by atoms with E-state index in [0.29, 0.717) is 31.6 Å². The second-order valence-electron chi connectivity index (χ2n) is 7.06. The number of aromatic nitrogens is 2. The fourth-order valence-electron chi connectivity index (χ4n) is 2.62. The lowest BCUT2D eigenvalue weighted by Gasteiger charge is -2.18. The molecule has 0 aliphatic carbocycles. The summed E-state index contributed by atoms with van der Waals surface area (Å²) in [5.74, 6) is -0.186. The Hall–Kier alpha value is -1.57. The highest BCUT2D eigenvalue weighted by molar-refractivity contribution is 5.93. The van der Waals surface area contributed by atoms with Crippen molar-refractivity contribution >= 4 is 5.91 Å². The summed E-state index contributed by atoms with van der Waals surface area (Å²) in [7, 11) is 0. The number of alkyl halides is 3. The summed E-state index contributed by atoms with van der Waals surface area (Å²) < 4.78 is 38.8. The third-order valence-electron chi connectivity index (χ3n) is 3.86. The number of amides is 1. The SMILES string of the molecule is CC(C)(C)n1cc(C(=O)NC[C@H]2CCN(CC(F)(F)F)C2)cn1. The van der Waals surface area contributed by atoms with Gasteiger partial charge in [-0.2, -0.15) is 18.3 Å². The first-order valence-corrected chi connectivity index (χ1v) is 7.67. The molecule has 23 heavy (non-hydrogen) atoms. The molecular formula is C15H23F3N4O. The highest BCUT2D eigenvalue weighted by atomic mass is 19.4. The van der Waals surface area contributed by atoms with Gasteiger partial charge in [-0.05, 0) is 39.7 Å². The molecule has 2 heterocycles. The van der Waals surface area contributed by atoms with Gasteiger partial charge in [0.25, 0.3) is 5.91 Å². The molecule has 1 atom stereocenters. The van der Waals surface area contributed by atoms with Crippen LogP contribution in [0, 0.1) is 5.92 Å². The van der Waals surface area contributed by atoms with Crippen LogP contribution in [0.3, 0.4) is 0 Å². The minimum absolute atomic E-state index is 0.0546. The smallest absolute Gasteiger partial charge is 0.352 e. The van der Waals surface area contributed by atoms with Gasteiger partial charge >= 0.3 is 6.18 Å². The molecule has 1 N–H and O–H groups in total. The highest BCUT2D eigenvalue weighted by Gasteiger charge is 2.34. The van der Waals surface area contributed by atoms with Crippen LogP contribution >= 0.6 is 0 Å². The fraction of sp³-hybridized carbons (Fsp3) is 0.733. The van der Waals surface area contributed by atoms with E-state index in [2.05, 4.69) is 10.4 Å². The van der Waals surface area contributed by atoms with Crippen LogP contribution in [0.15, 0.2) is 12.4 Å². The van der Waals surface area contributed by atoms with Crippen molar-refractivity contribution in [3.05, 3.63) is 18.0 Å². The summed E-state index contributed by atoms with van der Waals surface area (Å²) in [6.07, 6.45) is -0.317. The Morgan fingerprint density at radius 3 is 2.65 bits per heavy atom. The summed E-state index contributed by atoms with van der Waals surface area (Å²) >= 11 is 0. The maximum Gasteiger partial charge on any atom is 0.401 e. The van der Waals surface area contributed by atoms with Crippen LogP contribution < -0.4 is 5.32 Å². The second kappa shape index (κ2) is 6.51. The zero-order valence-electron chi connectivity index (χ0n) is 13.7. The van der Waals surface area contributed by atoms with Gasteiger partial charge in [-0.1, -0.05) is 0 Å². The number of carbonyl (C=O) groups excluding carboxylic acids is 1. The lowest BCUT2D eigenvalue weighted by Crippen LogP contribution is -2.34. The monoisotopic (exact) mass is 332 g/mol. The Labute approximate surface area is 133 Å². The minimum atomic E-state index is -4.17. The molecule has 1 saturated heterocycles. The van der Waals surface area contributed by atoms with Gasteiger partial charge in [-0.3, -0.25) is 14.4 Å². The van der Waals surface area contributed by atoms with Crippen LogP contribution in [0.4, 0.5) is 13.2 Å². The average Bonchev–Trinajstić information content (AvgIpc) is 3.02. The lowest BCUT2D eigenvalue weighted by molar-refractivity contribution is -0.143. The van der Waals surface area contributed by atoms with Gasteiger partial charge in [-0.25, -0.2) is 0 Å². The van der Waals surface area contributed by atoms with Crippen molar-refractivity contribution in [3.63, 3.8) is 0 Å². The van der Waals surface area contributed by atoms with Gasteiger partial charge < -0.3 is 5.32 Å². The first kappa shape index (κ1) is 17.8. The first-order valence-electron chi connectivity index (χ1n) is 7.67. The molecule has 0 radical (unpaired) electrons. The van der Waals surface area contributed by atoms with Crippen molar-refractivity contribution in [1.29, 1.82) is 0 Å². The number of carbonyl (C=O) groups is 1. The molecular weight excluding hydrogens is 309 g/mol. The molecule has 0 unspecified atom stereocenters. The molecule has 2 rings (SSSR count). The maximum absolute atomic E-state index is 12.3. The molecule has 0 saturated carbocycles. The summed E-state index contributed by atoms with van der Waals surface area (Å²) in [5, 5.41) is 6.95. The normalized spacial score (nSPS) is 20.0. The fourth-order valence-corrected chi connectivity index (χ4v) is 2.62. The molecule has 1 aliphatic rings. The van der Waals surface area contributed by atoms with Crippen LogP contribution in [-0.4, -0.2) is 52.9 Å². The van der Waals surface area contributed by atoms with Crippen LogP contribution in [0.2, 0.25) is 0 Å². The first-order chi connectivity index (χ1) is 10.5. The van der Waals surface area contributed by atoms with Crippen molar-refractivity contribution in [3.8, 4) is 0 Å². The lowest BCUT2D eigenvalue weighted by atomic mass is 10.1. The average molecular weight is 332 g/mol. The number of likely N-dealkylation sites (tertiary alicyclic amines) is 1. The van der Waals surface area contributed by atoms with E-state index in [1.54, 1.807) is 10.9 Å². The summed E-state index contributed by atoms with van der Waals surface area (Å²) in [4.78, 5) is 13.5. The molecule has 1 amide bonds. The summed E-state index contributed by atoms with van der Waals surface area (Å²) in [5.41, 5.74) is 0.257. The molecule has 0 spiro atoms. The van der Waals surface area contributed by atoms with Gasteiger partial charge in [0.05, 0.1) is 23.8 Å². The van der Waals surface area contributed by atoms with E-state index in [-0.39, 0.29) is 17.4 Å². The molecule has 1 fully saturated rings. The quantitative estimate of drug-likeness (QED) is 0.920. The zero-order chi connectivity index (χ0) is 17.3. The number of nitrogens with zero attached hydrogens (tertiary/aromatic N) is 3. The van der Waals surface area contributed by atoms with Crippen molar-refractivity contribution in [1.82, 2.24) is 20.0 Å². The van der Waals surface area contributed by atoms with E-state index in [9.17, 15) is 18.0 Å². The largest absolute Gasteiger partial charge is 0.401 e. The number of rotatable bonds is 4. The predicted molar refractivity (Wildman–Crippen MR) is 80.2 cm³/mol. The third kappa shape index (κ3) is 5.23. The third-order valence-corrected chi connectivity index (χ3v) is 3.86. The van der Waals surface area contributed by atoms with Crippen LogP contribution in [0.5, 0.6) is 0 Å². The predicted octanol–water partition coefficient (Wildman–Crippen LogP) is 2.25. The van der Waals surface area contributed by atoms with Crippen molar-refractivity contribution in [2.24, 2.45) is 5.92 Å². The van der Waals surface area contributed by atoms with Gasteiger partial charge in [0.15, 0.2) is 0 Å². The molecule has 5 nitrogen and oxygen atoms in total. The van der Waals surface area contributed by atoms with Gasteiger partial charge in [0.1, 0.15) is 0 Å². The standard InChI is InChI=1S/C15H23F3N4O/c1-14(2,3)22-9-12(7-20-22)13(23)19-6-11-4-5-21(8-11)10-15(16,17)18/h7,9,11H,4-6,8,10H2,1-3H3,(H,19,23)/t11-/m1/s1. The number of nitrogens with one attached hydrogen (secondary N) is 1. The Balaban J connectivity index is 1.80. The van der Waals surface area contributed by atoms with E-state index in [1.165, 1.54) is 11.1 Å². The van der Waals surface area contributed by atoms with Crippen molar-refractivity contribution < 1.29 is 18.0 Å². The minimum Gasteiger partial charge on any atom is -0.352 e. The molecule has 8 heteroatoms. The summed E-state index contributed by atoms with van der Waals surface area (Å²) in [6.45, 7) is 6.23. The number of hydrogen-bond acceptors (Lipinski definition) is 3. The zero-order valence-corrected chi connectivity index (χ0v) is 13.7. The molecule has 1 aromatic rings. The van der Waals surface area contributed by atoms with Crippen LogP contribution in [-0.2, 0) is 5.54 Å². The molecule has 1 aromatic heterocycles. The van der Waals surface area contributed by atoms with Crippen LogP contribution in [0.1, 0.15) is 37.6 Å². The van der Waals surface area contributed by atoms with Crippen molar-refractivity contribution in [2.75, 3.05) is 26.2 Å². The number of hydrogen-bond donors (Lipinski definition) is 1. The van der Waals surface area contributed by atoms with E-state index in [1.807, 2.05) is 20.8 Å². The van der Waals surface area contributed by atoms with E-state index >= 15 is 0 Å². The Bertz CT molecular complexity index is 548.